The Morgan fingerprint density at radius 1 is 0.661 bits per heavy atom. The zero-order chi connectivity index (χ0) is 81.1. The Morgan fingerprint density at radius 3 is 1.87 bits per heavy atom. The third-order valence-corrected chi connectivity index (χ3v) is 24.1. The van der Waals surface area contributed by atoms with Gasteiger partial charge in [-0.1, -0.05) is 53.2 Å². The fourth-order valence-corrected chi connectivity index (χ4v) is 18.0. The molecule has 7 rings (SSSR count). The average Bonchev–Trinajstić information content (AvgIpc) is 1.62. The highest BCUT2D eigenvalue weighted by atomic mass is 35.5. The minimum atomic E-state index is -4.58. The van der Waals surface area contributed by atoms with E-state index in [2.05, 4.69) is 16.0 Å². The molecule has 0 aromatic carbocycles. The van der Waals surface area contributed by atoms with Crippen LogP contribution in [0.2, 0.25) is 0 Å². The van der Waals surface area contributed by atoms with Crippen molar-refractivity contribution in [2.24, 2.45) is 40.9 Å². The normalized spacial score (nSPS) is 31.4. The second-order valence-electron chi connectivity index (χ2n) is 33.1. The number of nitrogens with zero attached hydrogens (tertiary/aromatic N) is 9. The molecule has 4 aliphatic heterocycles. The van der Waals surface area contributed by atoms with Gasteiger partial charge in [0.05, 0.1) is 37.5 Å². The molecule has 2 bridgehead atoms. The molecule has 33 heteroatoms. The van der Waals surface area contributed by atoms with Crippen molar-refractivity contribution in [3.8, 4) is 0 Å². The fraction of sp³-hybridized carbons (Fsp3) is 0.816. The second kappa shape index (κ2) is 38.1. The Bertz CT molecular complexity index is 3270. The van der Waals surface area contributed by atoms with E-state index in [1.165, 1.54) is 76.0 Å². The van der Waals surface area contributed by atoms with E-state index < -0.39 is 203 Å². The molecule has 4 heterocycles. The van der Waals surface area contributed by atoms with Crippen LogP contribution in [0.5, 0.6) is 0 Å². The quantitative estimate of drug-likeness (QED) is 0.104. The van der Waals surface area contributed by atoms with E-state index >= 15 is 33.6 Å². The van der Waals surface area contributed by atoms with Crippen molar-refractivity contribution in [1.82, 2.24) is 60.0 Å². The maximum atomic E-state index is 15.6. The predicted octanol–water partition coefficient (Wildman–Crippen LogP) is 6.30. The summed E-state index contributed by atoms with van der Waals surface area (Å²) >= 11 is 6.44. The number of amides is 12. The number of rotatable bonds is 13. The Morgan fingerprint density at radius 2 is 1.29 bits per heavy atom. The highest BCUT2D eigenvalue weighted by Gasteiger charge is 2.59. The van der Waals surface area contributed by atoms with E-state index in [1.807, 2.05) is 27.7 Å². The number of alkyl halides is 7. The van der Waals surface area contributed by atoms with Gasteiger partial charge in [-0.05, 0) is 152 Å². The van der Waals surface area contributed by atoms with Crippen LogP contribution < -0.4 is 16.0 Å². The van der Waals surface area contributed by atoms with Crippen molar-refractivity contribution < 1.29 is 93.4 Å². The molecule has 12 atom stereocenters. The van der Waals surface area contributed by atoms with Crippen LogP contribution in [0.1, 0.15) is 176 Å². The molecule has 1 spiro atoms. The van der Waals surface area contributed by atoms with Crippen molar-refractivity contribution in [1.29, 1.82) is 0 Å². The van der Waals surface area contributed by atoms with Gasteiger partial charge >= 0.3 is 12.4 Å². The van der Waals surface area contributed by atoms with Crippen molar-refractivity contribution in [3.63, 3.8) is 0 Å². The van der Waals surface area contributed by atoms with E-state index in [0.717, 1.165) is 24.5 Å². The fourth-order valence-electron chi connectivity index (χ4n) is 17.5. The SMILES string of the molecule is CCC[C@H]1C(=O)N[C@@H](C2CCOCC2)C(=O)N(C)CC(=O)N(C)[C@H]2C/C=C\CCN(C2=O)[C@@H](CC2CCC(C(F)(F)F)CC2)C(=O)N(C)CC(=O)N[C@@H](CCC2CCC(C(F)(F)F)C(Cl)C2)C(=O)N2C[C@H](OCC)C[C@H]2C(=O)NC2(CC(C)(C)C2)C(=O)N(C)[C@@H](CC(C)C)C(=O)N(C)[C@H](C(=O)N(C)C)CC(=O)N1C. The molecule has 3 N–H and O–H groups in total. The third kappa shape index (κ3) is 22.5. The Hall–Kier alpha value is -6.83. The molecule has 109 heavy (non-hydrogen) atoms. The van der Waals surface area contributed by atoms with Crippen LogP contribution in [0.3, 0.4) is 0 Å². The smallest absolute Gasteiger partial charge is 0.381 e. The van der Waals surface area contributed by atoms with Gasteiger partial charge in [-0.15, -0.1) is 11.6 Å². The van der Waals surface area contributed by atoms with Crippen LogP contribution in [-0.4, -0.2) is 295 Å². The van der Waals surface area contributed by atoms with Gasteiger partial charge in [0.25, 0.3) is 0 Å². The standard InChI is InChI=1S/C76H119ClF6N12O14/c1-15-20-54-64(99)85-63(48-30-33-108-34-31-48)71(106)89(10)42-62(98)91(12)55-21-18-17-19-32-94(70(55)105)59(37-47-22-26-49(27-23-47)75(78,79)80)68(103)88(9)41-60(96)84-53(29-25-46-24-28-51(52(77)36-46)76(81,82)83)66(101)95-40-50(109-16-2)38-56(95)65(100)86-74(43-73(5,6)44-74)72(107)93(14)57(35-45(3)4)69(104)92(13)58(67(102)87(7)8)39-61(97)90(54)11/h17-18,45-59,63H,15-16,19-44H2,1-14H3,(H,84,96)(H,85,99)(H,86,100)/b18-17-/t46?,47?,49?,50-,51?,52?,53+,54+,55+,56+,57+,58+,59+,63+/m1/s1. The highest BCUT2D eigenvalue weighted by molar-refractivity contribution is 6.21. The van der Waals surface area contributed by atoms with Crippen LogP contribution in [0, 0.1) is 40.9 Å². The summed E-state index contributed by atoms with van der Waals surface area (Å²) < 4.78 is 96.7. The van der Waals surface area contributed by atoms with Gasteiger partial charge in [-0.25, -0.2) is 0 Å². The minimum Gasteiger partial charge on any atom is -0.381 e. The first kappa shape index (κ1) is 89.4. The van der Waals surface area contributed by atoms with E-state index in [-0.39, 0.29) is 148 Å². The van der Waals surface area contributed by atoms with E-state index in [1.54, 1.807) is 26.0 Å². The van der Waals surface area contributed by atoms with Crippen molar-refractivity contribution in [2.75, 3.05) is 102 Å². The molecular weight excluding hydrogens is 1450 g/mol. The van der Waals surface area contributed by atoms with Gasteiger partial charge in [-0.3, -0.25) is 57.5 Å². The molecule has 0 radical (unpaired) electrons. The number of fused-ring (bicyclic) bond motifs is 3. The lowest BCUT2D eigenvalue weighted by atomic mass is 9.58. The Labute approximate surface area is 642 Å². The summed E-state index contributed by atoms with van der Waals surface area (Å²) in [5, 5.41) is 7.38. The predicted molar refractivity (Wildman–Crippen MR) is 392 cm³/mol. The van der Waals surface area contributed by atoms with Gasteiger partial charge in [0, 0.05) is 101 Å². The molecule has 12 amide bonds. The minimum absolute atomic E-state index is 0.0284. The topological polar surface area (TPSA) is 289 Å². The van der Waals surface area contributed by atoms with E-state index in [9.17, 15) is 50.3 Å². The van der Waals surface area contributed by atoms with Crippen molar-refractivity contribution in [2.45, 2.75) is 254 Å². The number of hydrogen-bond donors (Lipinski definition) is 3. The van der Waals surface area contributed by atoms with Crippen LogP contribution in [0.15, 0.2) is 12.2 Å². The zero-order valence-corrected chi connectivity index (χ0v) is 66.8. The molecule has 3 unspecified atom stereocenters. The monoisotopic (exact) mass is 1570 g/mol. The first-order valence-corrected chi connectivity index (χ1v) is 39.3. The van der Waals surface area contributed by atoms with Gasteiger partial charge in [0.2, 0.25) is 70.9 Å². The Kier molecular flexibility index (Phi) is 31.3. The summed E-state index contributed by atoms with van der Waals surface area (Å²) in [6, 6.07) is -11.1. The summed E-state index contributed by atoms with van der Waals surface area (Å²) in [6.07, 6.45) is -7.00. The molecule has 7 aliphatic rings. The number of carbonyl (C=O) groups excluding carboxylic acids is 12. The molecule has 0 aromatic heterocycles. The van der Waals surface area contributed by atoms with Crippen molar-refractivity contribution in [3.05, 3.63) is 12.2 Å². The highest BCUT2D eigenvalue weighted by Crippen LogP contribution is 2.50. The molecule has 26 nitrogen and oxygen atoms in total. The van der Waals surface area contributed by atoms with Gasteiger partial charge < -0.3 is 69.5 Å². The van der Waals surface area contributed by atoms with Crippen LogP contribution in [-0.2, 0) is 67.0 Å². The van der Waals surface area contributed by atoms with Crippen LogP contribution in [0.25, 0.3) is 0 Å². The summed E-state index contributed by atoms with van der Waals surface area (Å²) in [5.41, 5.74) is -2.29. The average molecular weight is 1570 g/mol. The number of ether oxygens (including phenoxy) is 2. The van der Waals surface area contributed by atoms with Crippen LogP contribution >= 0.6 is 11.6 Å². The zero-order valence-electron chi connectivity index (χ0n) is 66.1. The van der Waals surface area contributed by atoms with Crippen LogP contribution in [0.4, 0.5) is 26.3 Å². The maximum absolute atomic E-state index is 15.6. The molecule has 0 aromatic rings. The lowest BCUT2D eigenvalue weighted by Crippen LogP contribution is -2.71. The second-order valence-corrected chi connectivity index (χ2v) is 33.7. The van der Waals surface area contributed by atoms with Crippen molar-refractivity contribution >= 4 is 82.5 Å². The number of nitrogens with one attached hydrogen (secondary N) is 3. The van der Waals surface area contributed by atoms with Gasteiger partial charge in [0.15, 0.2) is 0 Å². The summed E-state index contributed by atoms with van der Waals surface area (Å²) in [5.74, 6) is -14.3. The molecule has 3 saturated carbocycles. The number of carbonyl (C=O) groups is 12. The van der Waals surface area contributed by atoms with E-state index in [4.69, 9.17) is 21.1 Å². The summed E-state index contributed by atoms with van der Waals surface area (Å²) in [6.45, 7) is 9.72. The van der Waals surface area contributed by atoms with Gasteiger partial charge in [0.1, 0.15) is 53.9 Å². The lowest BCUT2D eigenvalue weighted by Gasteiger charge is -2.54. The largest absolute Gasteiger partial charge is 0.393 e. The first-order valence-electron chi connectivity index (χ1n) is 38.9. The molecule has 616 valence electrons. The van der Waals surface area contributed by atoms with Gasteiger partial charge in [-0.2, -0.15) is 26.3 Å². The van der Waals surface area contributed by atoms with E-state index in [0.29, 0.717) is 19.3 Å². The Balaban J connectivity index is 1.33. The number of halogens is 7. The molecular formula is C76H119ClF6N12O14. The molecule has 6 fully saturated rings. The molecule has 3 aliphatic carbocycles. The summed E-state index contributed by atoms with van der Waals surface area (Å²) in [4.78, 5) is 192. The first-order chi connectivity index (χ1) is 50.9. The lowest BCUT2D eigenvalue weighted by molar-refractivity contribution is -0.184. The number of likely N-dealkylation sites (N-methyl/N-ethyl adjacent to an activating group) is 7. The number of hydrogen-bond acceptors (Lipinski definition) is 14. The molecule has 3 saturated heterocycles. The third-order valence-electron chi connectivity index (χ3n) is 23.6. The summed E-state index contributed by atoms with van der Waals surface area (Å²) in [7, 11) is 11.0. The maximum Gasteiger partial charge on any atom is 0.393 e.